The molecule has 2 heterocycles. The second-order valence-corrected chi connectivity index (χ2v) is 7.30. The Labute approximate surface area is 134 Å². The summed E-state index contributed by atoms with van der Waals surface area (Å²) >= 11 is 0. The Hall–Kier alpha value is -2.26. The van der Waals surface area contributed by atoms with Gasteiger partial charge in [-0.15, -0.1) is 5.10 Å². The van der Waals surface area contributed by atoms with Crippen LogP contribution in [0, 0.1) is 0 Å². The number of hydrogen-bond donors (Lipinski definition) is 1. The van der Waals surface area contributed by atoms with E-state index in [2.05, 4.69) is 15.0 Å². The predicted molar refractivity (Wildman–Crippen MR) is 82.4 cm³/mol. The van der Waals surface area contributed by atoms with Crippen LogP contribution in [0.25, 0.3) is 0 Å². The van der Waals surface area contributed by atoms with E-state index < -0.39 is 10.0 Å². The van der Waals surface area contributed by atoms with E-state index in [0.29, 0.717) is 18.8 Å². The number of amides is 1. The van der Waals surface area contributed by atoms with Crippen molar-refractivity contribution in [3.8, 4) is 0 Å². The molecule has 0 saturated carbocycles. The highest BCUT2D eigenvalue weighted by atomic mass is 32.2. The summed E-state index contributed by atoms with van der Waals surface area (Å²) in [5.74, 6) is -0.0334. The average Bonchev–Trinajstić information content (AvgIpc) is 2.88. The third kappa shape index (κ3) is 3.74. The van der Waals surface area contributed by atoms with Crippen LogP contribution in [-0.4, -0.2) is 40.5 Å². The normalized spacial score (nSPS) is 14.8. The second kappa shape index (κ2) is 6.09. The molecule has 23 heavy (non-hydrogen) atoms. The minimum Gasteiger partial charge on any atom is -0.331 e. The third-order valence-corrected chi connectivity index (χ3v) is 4.28. The first-order valence-electron chi connectivity index (χ1n) is 7.10. The molecule has 1 aliphatic rings. The lowest BCUT2D eigenvalue weighted by molar-refractivity contribution is -0.135. The molecular weight excluding hydrogens is 318 g/mol. The number of hydrogen-bond acceptors (Lipinski definition) is 5. The number of sulfonamides is 1. The molecule has 1 amide bonds. The molecular formula is C14H17N5O3S. The minimum atomic E-state index is -3.31. The quantitative estimate of drug-likeness (QED) is 0.821. The molecule has 0 atom stereocenters. The Morgan fingerprint density at radius 2 is 1.96 bits per heavy atom. The summed E-state index contributed by atoms with van der Waals surface area (Å²) in [6.45, 7) is 1.06. The Morgan fingerprint density at radius 3 is 2.65 bits per heavy atom. The van der Waals surface area contributed by atoms with Crippen molar-refractivity contribution in [2.75, 3.05) is 6.26 Å². The van der Waals surface area contributed by atoms with Gasteiger partial charge in [0.1, 0.15) is 12.2 Å². The molecule has 0 unspecified atom stereocenters. The number of rotatable bonds is 5. The molecule has 0 bridgehead atoms. The van der Waals surface area contributed by atoms with Crippen LogP contribution in [-0.2, 0) is 41.0 Å². The molecule has 1 N–H and O–H groups in total. The van der Waals surface area contributed by atoms with E-state index in [0.717, 1.165) is 17.5 Å². The first-order valence-corrected chi connectivity index (χ1v) is 8.99. The van der Waals surface area contributed by atoms with E-state index in [1.807, 2.05) is 30.3 Å². The van der Waals surface area contributed by atoms with Crippen molar-refractivity contribution in [1.29, 1.82) is 0 Å². The Balaban J connectivity index is 1.77. The van der Waals surface area contributed by atoms with E-state index in [1.54, 1.807) is 4.90 Å². The van der Waals surface area contributed by atoms with Gasteiger partial charge in [0.2, 0.25) is 15.9 Å². The summed E-state index contributed by atoms with van der Waals surface area (Å²) in [6.07, 6.45) is 1.09. The van der Waals surface area contributed by atoms with Crippen LogP contribution >= 0.6 is 0 Å². The standard InChI is InChI=1S/C14H17N5O3S/c1-23(21,22)15-7-12-13-9-18(8-11-5-3-2-4-6-11)14(20)10-19(13)17-16-12/h2-6,15H,7-10H2,1H3. The van der Waals surface area contributed by atoms with Crippen molar-refractivity contribution in [3.05, 3.63) is 47.3 Å². The summed E-state index contributed by atoms with van der Waals surface area (Å²) in [5, 5.41) is 7.92. The summed E-state index contributed by atoms with van der Waals surface area (Å²) in [6, 6.07) is 9.70. The fraction of sp³-hybridized carbons (Fsp3) is 0.357. The SMILES string of the molecule is CS(=O)(=O)NCc1nnn2c1CN(Cc1ccccc1)C(=O)C2. The van der Waals surface area contributed by atoms with Crippen LogP contribution in [0.1, 0.15) is 17.0 Å². The van der Waals surface area contributed by atoms with E-state index in [-0.39, 0.29) is 19.0 Å². The minimum absolute atomic E-state index is 0.0334. The maximum Gasteiger partial charge on any atom is 0.245 e. The van der Waals surface area contributed by atoms with E-state index in [4.69, 9.17) is 0 Å². The second-order valence-electron chi connectivity index (χ2n) is 5.47. The molecule has 3 rings (SSSR count). The molecule has 1 aromatic heterocycles. The monoisotopic (exact) mass is 335 g/mol. The average molecular weight is 335 g/mol. The molecule has 0 aliphatic carbocycles. The van der Waals surface area contributed by atoms with Crippen molar-refractivity contribution in [3.63, 3.8) is 0 Å². The van der Waals surface area contributed by atoms with Gasteiger partial charge in [-0.25, -0.2) is 17.8 Å². The summed E-state index contributed by atoms with van der Waals surface area (Å²) in [7, 11) is -3.31. The van der Waals surface area contributed by atoms with Gasteiger partial charge in [-0.3, -0.25) is 4.79 Å². The van der Waals surface area contributed by atoms with Gasteiger partial charge >= 0.3 is 0 Å². The van der Waals surface area contributed by atoms with E-state index in [1.165, 1.54) is 4.68 Å². The van der Waals surface area contributed by atoms with Gasteiger partial charge in [-0.1, -0.05) is 35.5 Å². The van der Waals surface area contributed by atoms with Gasteiger partial charge in [0, 0.05) is 6.54 Å². The molecule has 2 aromatic rings. The number of carbonyl (C=O) groups excluding carboxylic acids is 1. The number of nitrogens with zero attached hydrogens (tertiary/aromatic N) is 4. The van der Waals surface area contributed by atoms with Crippen molar-refractivity contribution < 1.29 is 13.2 Å². The molecule has 9 heteroatoms. The molecule has 122 valence electrons. The van der Waals surface area contributed by atoms with Crippen LogP contribution in [0.15, 0.2) is 30.3 Å². The highest BCUT2D eigenvalue weighted by Gasteiger charge is 2.27. The van der Waals surface area contributed by atoms with Crippen LogP contribution in [0.3, 0.4) is 0 Å². The zero-order chi connectivity index (χ0) is 16.4. The third-order valence-electron chi connectivity index (χ3n) is 3.61. The van der Waals surface area contributed by atoms with Crippen LogP contribution in [0.2, 0.25) is 0 Å². The van der Waals surface area contributed by atoms with Crippen LogP contribution < -0.4 is 4.72 Å². The summed E-state index contributed by atoms with van der Waals surface area (Å²) in [4.78, 5) is 13.9. The summed E-state index contributed by atoms with van der Waals surface area (Å²) in [5.41, 5.74) is 2.34. The van der Waals surface area contributed by atoms with Gasteiger partial charge in [0.15, 0.2) is 0 Å². The number of fused-ring (bicyclic) bond motifs is 1. The molecule has 0 saturated heterocycles. The number of carbonyl (C=O) groups is 1. The first-order chi connectivity index (χ1) is 10.9. The van der Waals surface area contributed by atoms with Gasteiger partial charge in [-0.05, 0) is 5.56 Å². The molecule has 8 nitrogen and oxygen atoms in total. The fourth-order valence-corrected chi connectivity index (χ4v) is 2.85. The Bertz CT molecular complexity index is 816. The number of benzene rings is 1. The molecule has 0 fully saturated rings. The lowest BCUT2D eigenvalue weighted by Crippen LogP contribution is -2.39. The van der Waals surface area contributed by atoms with Crippen molar-refractivity contribution in [1.82, 2.24) is 24.6 Å². The topological polar surface area (TPSA) is 97.2 Å². The van der Waals surface area contributed by atoms with Gasteiger partial charge in [0.25, 0.3) is 0 Å². The first kappa shape index (κ1) is 15.6. The van der Waals surface area contributed by atoms with Crippen molar-refractivity contribution in [2.24, 2.45) is 0 Å². The summed E-state index contributed by atoms with van der Waals surface area (Å²) < 4.78 is 26.4. The number of nitrogens with one attached hydrogen (secondary N) is 1. The van der Waals surface area contributed by atoms with Crippen LogP contribution in [0.4, 0.5) is 0 Å². The van der Waals surface area contributed by atoms with E-state index >= 15 is 0 Å². The number of aromatic nitrogens is 3. The van der Waals surface area contributed by atoms with Gasteiger partial charge in [-0.2, -0.15) is 0 Å². The Kier molecular flexibility index (Phi) is 4.14. The molecule has 0 spiro atoms. The maximum atomic E-state index is 12.2. The van der Waals surface area contributed by atoms with Gasteiger partial charge < -0.3 is 4.90 Å². The largest absolute Gasteiger partial charge is 0.331 e. The molecule has 1 aromatic carbocycles. The lowest BCUT2D eigenvalue weighted by atomic mass is 10.2. The Morgan fingerprint density at radius 1 is 1.22 bits per heavy atom. The maximum absolute atomic E-state index is 12.2. The van der Waals surface area contributed by atoms with Crippen molar-refractivity contribution >= 4 is 15.9 Å². The van der Waals surface area contributed by atoms with E-state index in [9.17, 15) is 13.2 Å². The van der Waals surface area contributed by atoms with Crippen LogP contribution in [0.5, 0.6) is 0 Å². The highest BCUT2D eigenvalue weighted by molar-refractivity contribution is 7.88. The lowest BCUT2D eigenvalue weighted by Gasteiger charge is -2.27. The fourth-order valence-electron chi connectivity index (χ4n) is 2.45. The van der Waals surface area contributed by atoms with Gasteiger partial charge in [0.05, 0.1) is 25.0 Å². The van der Waals surface area contributed by atoms with Crippen molar-refractivity contribution in [2.45, 2.75) is 26.2 Å². The molecule has 0 radical (unpaired) electrons. The highest BCUT2D eigenvalue weighted by Crippen LogP contribution is 2.18. The predicted octanol–water partition coefficient (Wildman–Crippen LogP) is -0.130. The zero-order valence-corrected chi connectivity index (χ0v) is 13.5. The zero-order valence-electron chi connectivity index (χ0n) is 12.6. The smallest absolute Gasteiger partial charge is 0.245 e. The molecule has 1 aliphatic heterocycles.